The first-order valence-electron chi connectivity index (χ1n) is 7.46. The van der Waals surface area contributed by atoms with Crippen molar-refractivity contribution in [3.05, 3.63) is 34.9 Å². The molecule has 2 rings (SSSR count). The molecule has 1 heterocycles. The van der Waals surface area contributed by atoms with Crippen LogP contribution < -0.4 is 5.32 Å². The van der Waals surface area contributed by atoms with E-state index in [4.69, 9.17) is 0 Å². The van der Waals surface area contributed by atoms with E-state index in [-0.39, 0.29) is 24.9 Å². The highest BCUT2D eigenvalue weighted by atomic mass is 35.5. The molecule has 0 spiro atoms. The zero-order valence-corrected chi connectivity index (χ0v) is 13.9. The minimum atomic E-state index is -4.09. The number of benzene rings is 1. The molecule has 0 aromatic heterocycles. The van der Waals surface area contributed by atoms with Crippen molar-refractivity contribution < 1.29 is 13.2 Å². The van der Waals surface area contributed by atoms with E-state index in [9.17, 15) is 13.2 Å². The van der Waals surface area contributed by atoms with Gasteiger partial charge in [-0.2, -0.15) is 13.2 Å². The molecule has 0 radical (unpaired) electrons. The van der Waals surface area contributed by atoms with Crippen molar-refractivity contribution in [2.75, 3.05) is 26.2 Å². The maximum absolute atomic E-state index is 12.7. The molecule has 0 saturated carbocycles. The van der Waals surface area contributed by atoms with E-state index in [2.05, 4.69) is 10.2 Å². The molecule has 0 unspecified atom stereocenters. The van der Waals surface area contributed by atoms with Gasteiger partial charge in [0.15, 0.2) is 0 Å². The Balaban J connectivity index is 0.00000242. The predicted molar refractivity (Wildman–Crippen MR) is 85.6 cm³/mol. The Kier molecular flexibility index (Phi) is 7.16. The minimum absolute atomic E-state index is 0. The summed E-state index contributed by atoms with van der Waals surface area (Å²) in [5, 5.41) is 3.26. The van der Waals surface area contributed by atoms with E-state index in [1.54, 1.807) is 0 Å². The molecule has 1 aromatic carbocycles. The van der Waals surface area contributed by atoms with Crippen LogP contribution in [-0.2, 0) is 0 Å². The summed E-state index contributed by atoms with van der Waals surface area (Å²) in [6, 6.07) is 5.80. The fraction of sp³-hybridized carbons (Fsp3) is 0.625. The molecule has 0 amide bonds. The maximum atomic E-state index is 12.7. The zero-order chi connectivity index (χ0) is 15.5. The number of alkyl halides is 3. The number of hydrogen-bond acceptors (Lipinski definition) is 2. The van der Waals surface area contributed by atoms with Gasteiger partial charge < -0.3 is 5.32 Å². The van der Waals surface area contributed by atoms with Gasteiger partial charge in [-0.3, -0.25) is 4.90 Å². The van der Waals surface area contributed by atoms with Crippen LogP contribution in [0.25, 0.3) is 0 Å². The largest absolute Gasteiger partial charge is 0.389 e. The average Bonchev–Trinajstić information content (AvgIpc) is 2.42. The van der Waals surface area contributed by atoms with Crippen molar-refractivity contribution in [1.82, 2.24) is 10.2 Å². The van der Waals surface area contributed by atoms with Gasteiger partial charge in [0, 0.05) is 38.6 Å². The van der Waals surface area contributed by atoms with Gasteiger partial charge in [0.2, 0.25) is 0 Å². The quantitative estimate of drug-likeness (QED) is 0.893. The second kappa shape index (κ2) is 8.18. The molecule has 1 atom stereocenters. The highest BCUT2D eigenvalue weighted by molar-refractivity contribution is 5.85. The van der Waals surface area contributed by atoms with E-state index < -0.39 is 12.6 Å². The summed E-state index contributed by atoms with van der Waals surface area (Å²) in [5.41, 5.74) is 3.24. The Morgan fingerprint density at radius 3 is 2.18 bits per heavy atom. The number of nitrogens with one attached hydrogen (secondary N) is 1. The van der Waals surface area contributed by atoms with Crippen LogP contribution in [0.3, 0.4) is 0 Å². The van der Waals surface area contributed by atoms with E-state index in [0.29, 0.717) is 0 Å². The van der Waals surface area contributed by atoms with Gasteiger partial charge in [-0.15, -0.1) is 12.4 Å². The molecule has 126 valence electrons. The lowest BCUT2D eigenvalue weighted by Gasteiger charge is -2.37. The number of piperazine rings is 1. The molecule has 22 heavy (non-hydrogen) atoms. The molecular formula is C16H24ClF3N2. The van der Waals surface area contributed by atoms with Crippen LogP contribution in [-0.4, -0.2) is 37.3 Å². The third kappa shape index (κ3) is 5.14. The Labute approximate surface area is 136 Å². The number of aryl methyl sites for hydroxylation is 2. The summed E-state index contributed by atoms with van der Waals surface area (Å²) in [6.07, 6.45) is -4.69. The molecule has 1 saturated heterocycles. The van der Waals surface area contributed by atoms with Gasteiger partial charge >= 0.3 is 6.18 Å². The summed E-state index contributed by atoms with van der Waals surface area (Å²) < 4.78 is 38.0. The second-order valence-electron chi connectivity index (χ2n) is 5.76. The van der Waals surface area contributed by atoms with Gasteiger partial charge in [-0.05, 0) is 37.0 Å². The number of rotatable bonds is 4. The van der Waals surface area contributed by atoms with Gasteiger partial charge in [-0.25, -0.2) is 0 Å². The van der Waals surface area contributed by atoms with Crippen LogP contribution in [0.5, 0.6) is 0 Å². The monoisotopic (exact) mass is 336 g/mol. The van der Waals surface area contributed by atoms with Crippen LogP contribution in [0.4, 0.5) is 13.2 Å². The standard InChI is InChI=1S/C16H23F3N2.ClH/c1-12-4-3-5-13(2)15(12)14(6-7-16(17,18)19)21-10-8-20-9-11-21;/h3-5,14,20H,6-11H2,1-2H3;1H/t14-;/m1./s1. The summed E-state index contributed by atoms with van der Waals surface area (Å²) >= 11 is 0. The molecule has 2 nitrogen and oxygen atoms in total. The molecule has 1 N–H and O–H groups in total. The molecule has 1 aromatic rings. The topological polar surface area (TPSA) is 15.3 Å². The lowest BCUT2D eigenvalue weighted by atomic mass is 9.91. The Bertz CT molecular complexity index is 451. The third-order valence-corrected chi connectivity index (χ3v) is 4.17. The summed E-state index contributed by atoms with van der Waals surface area (Å²) in [6.45, 7) is 7.27. The van der Waals surface area contributed by atoms with Crippen molar-refractivity contribution in [3.8, 4) is 0 Å². The molecule has 0 bridgehead atoms. The number of hydrogen-bond donors (Lipinski definition) is 1. The minimum Gasteiger partial charge on any atom is -0.314 e. The van der Waals surface area contributed by atoms with Gasteiger partial charge in [0.1, 0.15) is 0 Å². The van der Waals surface area contributed by atoms with Crippen LogP contribution >= 0.6 is 12.4 Å². The molecule has 1 aliphatic heterocycles. The molecule has 1 fully saturated rings. The van der Waals surface area contributed by atoms with E-state index in [1.807, 2.05) is 32.0 Å². The number of halogens is 4. The van der Waals surface area contributed by atoms with Crippen molar-refractivity contribution in [1.29, 1.82) is 0 Å². The predicted octanol–water partition coefficient (Wildman–Crippen LogP) is 4.01. The van der Waals surface area contributed by atoms with Crippen molar-refractivity contribution in [2.45, 2.75) is 38.9 Å². The van der Waals surface area contributed by atoms with E-state index in [0.717, 1.165) is 42.9 Å². The summed E-state index contributed by atoms with van der Waals surface area (Å²) in [7, 11) is 0. The van der Waals surface area contributed by atoms with E-state index in [1.165, 1.54) is 0 Å². The lowest BCUT2D eigenvalue weighted by Crippen LogP contribution is -2.45. The molecular weight excluding hydrogens is 313 g/mol. The van der Waals surface area contributed by atoms with Crippen molar-refractivity contribution in [2.24, 2.45) is 0 Å². The van der Waals surface area contributed by atoms with Gasteiger partial charge in [-0.1, -0.05) is 18.2 Å². The summed E-state index contributed by atoms with van der Waals surface area (Å²) in [5.74, 6) is 0. The van der Waals surface area contributed by atoms with Crippen LogP contribution in [0, 0.1) is 13.8 Å². The SMILES string of the molecule is Cc1cccc(C)c1[C@@H](CCC(F)(F)F)N1CCNCC1.Cl. The Hall–Kier alpha value is -0.780. The fourth-order valence-corrected chi connectivity index (χ4v) is 3.16. The summed E-state index contributed by atoms with van der Waals surface area (Å²) in [4.78, 5) is 2.19. The van der Waals surface area contributed by atoms with Crippen LogP contribution in [0.1, 0.15) is 35.6 Å². The lowest BCUT2D eigenvalue weighted by molar-refractivity contribution is -0.138. The van der Waals surface area contributed by atoms with Crippen molar-refractivity contribution in [3.63, 3.8) is 0 Å². The van der Waals surface area contributed by atoms with Crippen molar-refractivity contribution >= 4 is 12.4 Å². The molecule has 0 aliphatic carbocycles. The molecule has 1 aliphatic rings. The highest BCUT2D eigenvalue weighted by Gasteiger charge is 2.32. The first-order valence-corrected chi connectivity index (χ1v) is 7.46. The van der Waals surface area contributed by atoms with E-state index >= 15 is 0 Å². The maximum Gasteiger partial charge on any atom is 0.389 e. The van der Waals surface area contributed by atoms with Crippen LogP contribution in [0.2, 0.25) is 0 Å². The highest BCUT2D eigenvalue weighted by Crippen LogP contribution is 2.34. The Morgan fingerprint density at radius 2 is 1.68 bits per heavy atom. The molecule has 6 heteroatoms. The van der Waals surface area contributed by atoms with Gasteiger partial charge in [0.05, 0.1) is 0 Å². The smallest absolute Gasteiger partial charge is 0.314 e. The van der Waals surface area contributed by atoms with Gasteiger partial charge in [0.25, 0.3) is 0 Å². The fourth-order valence-electron chi connectivity index (χ4n) is 3.16. The normalized spacial score (nSPS) is 17.9. The number of nitrogens with zero attached hydrogens (tertiary/aromatic N) is 1. The van der Waals surface area contributed by atoms with Crippen LogP contribution in [0.15, 0.2) is 18.2 Å². The third-order valence-electron chi connectivity index (χ3n) is 4.17. The zero-order valence-electron chi connectivity index (χ0n) is 13.0. The Morgan fingerprint density at radius 1 is 1.14 bits per heavy atom. The second-order valence-corrected chi connectivity index (χ2v) is 5.76. The first-order chi connectivity index (χ1) is 9.88. The average molecular weight is 337 g/mol. The first kappa shape index (κ1) is 19.3.